The van der Waals surface area contributed by atoms with Gasteiger partial charge in [-0.1, -0.05) is 18.2 Å². The van der Waals surface area contributed by atoms with E-state index in [9.17, 15) is 13.6 Å². The first-order valence-corrected chi connectivity index (χ1v) is 9.16. The number of carbonyl (C=O) groups is 1. The van der Waals surface area contributed by atoms with Gasteiger partial charge >= 0.3 is 0 Å². The molecule has 1 amide bonds. The number of nitrogens with one attached hydrogen (secondary N) is 2. The van der Waals surface area contributed by atoms with Gasteiger partial charge in [0.1, 0.15) is 23.3 Å². The molecule has 0 bridgehead atoms. The molecule has 1 aliphatic rings. The van der Waals surface area contributed by atoms with Crippen LogP contribution in [-0.4, -0.2) is 29.3 Å². The van der Waals surface area contributed by atoms with Gasteiger partial charge in [-0.2, -0.15) is 0 Å². The molecule has 2 heterocycles. The van der Waals surface area contributed by atoms with E-state index in [1.54, 1.807) is 42.6 Å². The Bertz CT molecular complexity index is 1050. The third-order valence-corrected chi connectivity index (χ3v) is 4.52. The van der Waals surface area contributed by atoms with Crippen molar-refractivity contribution in [3.63, 3.8) is 0 Å². The van der Waals surface area contributed by atoms with E-state index in [0.29, 0.717) is 35.7 Å². The fraction of sp³-hybridized carbons (Fsp3) is 0.136. The van der Waals surface area contributed by atoms with Crippen molar-refractivity contribution in [1.82, 2.24) is 10.3 Å². The molecule has 0 radical (unpaired) electrons. The summed E-state index contributed by atoms with van der Waals surface area (Å²) in [5.41, 5.74) is 1.87. The average molecular weight is 392 g/mol. The molecule has 1 aliphatic heterocycles. The lowest BCUT2D eigenvalue weighted by Crippen LogP contribution is -2.23. The Morgan fingerprint density at radius 3 is 2.59 bits per heavy atom. The summed E-state index contributed by atoms with van der Waals surface area (Å²) >= 11 is 0. The number of hydrogen-bond donors (Lipinski definition) is 2. The van der Waals surface area contributed by atoms with Gasteiger partial charge in [0.25, 0.3) is 5.91 Å². The number of pyridine rings is 1. The molecule has 0 aliphatic carbocycles. The van der Waals surface area contributed by atoms with Gasteiger partial charge in [0, 0.05) is 29.9 Å². The highest BCUT2D eigenvalue weighted by molar-refractivity contribution is 6.05. The van der Waals surface area contributed by atoms with Crippen LogP contribution in [0.1, 0.15) is 21.5 Å². The second-order valence-corrected chi connectivity index (χ2v) is 6.74. The van der Waals surface area contributed by atoms with Crippen LogP contribution in [0.3, 0.4) is 0 Å². The predicted octanol–water partition coefficient (Wildman–Crippen LogP) is 3.57. The van der Waals surface area contributed by atoms with Crippen molar-refractivity contribution in [3.8, 4) is 0 Å². The van der Waals surface area contributed by atoms with Crippen LogP contribution in [0.15, 0.2) is 71.9 Å². The van der Waals surface area contributed by atoms with Crippen molar-refractivity contribution in [2.45, 2.75) is 12.5 Å². The molecule has 0 spiro atoms. The molecule has 2 aromatic carbocycles. The Kier molecular flexibility index (Phi) is 5.29. The van der Waals surface area contributed by atoms with E-state index >= 15 is 0 Å². The second-order valence-electron chi connectivity index (χ2n) is 6.74. The summed E-state index contributed by atoms with van der Waals surface area (Å²) < 4.78 is 26.8. The summed E-state index contributed by atoms with van der Waals surface area (Å²) in [6.45, 7) is 0.557. The van der Waals surface area contributed by atoms with Crippen LogP contribution < -0.4 is 10.6 Å². The van der Waals surface area contributed by atoms with Crippen molar-refractivity contribution in [2.75, 3.05) is 11.9 Å². The number of nitrogens with zero attached hydrogens (tertiary/aromatic N) is 2. The zero-order valence-electron chi connectivity index (χ0n) is 15.4. The molecule has 3 aromatic rings. The Morgan fingerprint density at radius 1 is 1.07 bits per heavy atom. The van der Waals surface area contributed by atoms with Crippen LogP contribution in [-0.2, 0) is 6.42 Å². The third-order valence-electron chi connectivity index (χ3n) is 4.52. The average Bonchev–Trinajstić information content (AvgIpc) is 3.16. The topological polar surface area (TPSA) is 66.4 Å². The highest BCUT2D eigenvalue weighted by Gasteiger charge is 2.19. The quantitative estimate of drug-likeness (QED) is 0.698. The zero-order valence-corrected chi connectivity index (χ0v) is 15.4. The molecular weight excluding hydrogens is 374 g/mol. The molecule has 1 aromatic heterocycles. The predicted molar refractivity (Wildman–Crippen MR) is 107 cm³/mol. The van der Waals surface area contributed by atoms with Crippen molar-refractivity contribution in [1.29, 1.82) is 0 Å². The molecule has 4 rings (SSSR count). The second kappa shape index (κ2) is 8.18. The molecule has 0 saturated heterocycles. The number of benzene rings is 2. The van der Waals surface area contributed by atoms with Gasteiger partial charge in [-0.25, -0.2) is 13.8 Å². The summed E-state index contributed by atoms with van der Waals surface area (Å²) in [5.74, 6) is -0.366. The first kappa shape index (κ1) is 18.7. The van der Waals surface area contributed by atoms with Gasteiger partial charge in [-0.05, 0) is 48.4 Å². The maximum Gasteiger partial charge on any atom is 0.256 e. The first-order valence-electron chi connectivity index (χ1n) is 9.16. The number of aliphatic imine (C=N–C) groups is 1. The minimum Gasteiger partial charge on any atom is -0.368 e. The normalized spacial score (nSPS) is 15.5. The van der Waals surface area contributed by atoms with Gasteiger partial charge in [0.2, 0.25) is 0 Å². The van der Waals surface area contributed by atoms with Gasteiger partial charge in [-0.15, -0.1) is 0 Å². The maximum absolute atomic E-state index is 13.4. The monoisotopic (exact) mass is 392 g/mol. The third kappa shape index (κ3) is 4.63. The number of anilines is 1. The van der Waals surface area contributed by atoms with Gasteiger partial charge in [0.05, 0.1) is 6.04 Å². The van der Waals surface area contributed by atoms with Gasteiger partial charge in [-0.3, -0.25) is 9.79 Å². The molecule has 2 N–H and O–H groups in total. The van der Waals surface area contributed by atoms with Crippen molar-refractivity contribution in [3.05, 3.63) is 95.2 Å². The Morgan fingerprint density at radius 2 is 1.83 bits per heavy atom. The van der Waals surface area contributed by atoms with Crippen LogP contribution in [0, 0.1) is 11.6 Å². The fourth-order valence-electron chi connectivity index (χ4n) is 3.21. The van der Waals surface area contributed by atoms with Crippen LogP contribution in [0.2, 0.25) is 0 Å². The minimum absolute atomic E-state index is 0.137. The number of carbonyl (C=O) groups excluding carboxylic acids is 1. The SMILES string of the molecule is O=C(Nc1cc(C2=NC(Cc3cc(F)cc(F)c3)CN2)ccn1)c1ccccc1. The van der Waals surface area contributed by atoms with Crippen molar-refractivity contribution in [2.24, 2.45) is 4.99 Å². The summed E-state index contributed by atoms with van der Waals surface area (Å²) in [7, 11) is 0. The summed E-state index contributed by atoms with van der Waals surface area (Å²) in [6.07, 6.45) is 2.02. The lowest BCUT2D eigenvalue weighted by Gasteiger charge is -2.07. The Hall–Kier alpha value is -3.61. The standard InChI is InChI=1S/C22H18F2N4O/c23-17-8-14(9-18(24)12-17)10-19-13-26-21(27-19)16-6-7-25-20(11-16)28-22(29)15-4-2-1-3-5-15/h1-9,11-12,19H,10,13H2,(H,26,27)(H,25,28,29). The van der Waals surface area contributed by atoms with Crippen LogP contribution in [0.4, 0.5) is 14.6 Å². The van der Waals surface area contributed by atoms with Crippen molar-refractivity contribution >= 4 is 17.6 Å². The molecule has 1 unspecified atom stereocenters. The Balaban J connectivity index is 1.46. The van der Waals surface area contributed by atoms with Crippen LogP contribution in [0.5, 0.6) is 0 Å². The highest BCUT2D eigenvalue weighted by Crippen LogP contribution is 2.16. The lowest BCUT2D eigenvalue weighted by molar-refractivity contribution is 0.102. The van der Waals surface area contributed by atoms with E-state index in [2.05, 4.69) is 20.6 Å². The fourth-order valence-corrected chi connectivity index (χ4v) is 3.21. The minimum atomic E-state index is -0.594. The Labute approximate surface area is 166 Å². The largest absolute Gasteiger partial charge is 0.368 e. The lowest BCUT2D eigenvalue weighted by atomic mass is 10.1. The highest BCUT2D eigenvalue weighted by atomic mass is 19.1. The zero-order chi connectivity index (χ0) is 20.2. The first-order chi connectivity index (χ1) is 14.1. The van der Waals surface area contributed by atoms with E-state index in [-0.39, 0.29) is 11.9 Å². The summed E-state index contributed by atoms with van der Waals surface area (Å²) in [5, 5.41) is 5.98. The van der Waals surface area contributed by atoms with E-state index in [4.69, 9.17) is 0 Å². The van der Waals surface area contributed by atoms with Crippen LogP contribution >= 0.6 is 0 Å². The molecule has 5 nitrogen and oxygen atoms in total. The molecule has 0 saturated carbocycles. The molecule has 29 heavy (non-hydrogen) atoms. The summed E-state index contributed by atoms with van der Waals surface area (Å²) in [4.78, 5) is 21.1. The molecule has 7 heteroatoms. The number of rotatable bonds is 5. The molecular formula is C22H18F2N4O. The number of aromatic nitrogens is 1. The van der Waals surface area contributed by atoms with Gasteiger partial charge < -0.3 is 10.6 Å². The molecule has 146 valence electrons. The molecule has 0 fully saturated rings. The van der Waals surface area contributed by atoms with Crippen LogP contribution in [0.25, 0.3) is 0 Å². The van der Waals surface area contributed by atoms with E-state index in [0.717, 1.165) is 11.6 Å². The number of amidine groups is 1. The maximum atomic E-state index is 13.4. The van der Waals surface area contributed by atoms with Gasteiger partial charge in [0.15, 0.2) is 0 Å². The van der Waals surface area contributed by atoms with E-state index < -0.39 is 11.6 Å². The summed E-state index contributed by atoms with van der Waals surface area (Å²) in [6, 6.07) is 15.7. The number of amides is 1. The van der Waals surface area contributed by atoms with E-state index in [1.165, 1.54) is 12.1 Å². The molecule has 1 atom stereocenters. The van der Waals surface area contributed by atoms with Crippen molar-refractivity contribution < 1.29 is 13.6 Å². The number of hydrogen-bond acceptors (Lipinski definition) is 4. The smallest absolute Gasteiger partial charge is 0.256 e. The van der Waals surface area contributed by atoms with E-state index in [1.807, 2.05) is 6.07 Å². The number of halogens is 2.